The molecule has 15 rings (SSSR count). The van der Waals surface area contributed by atoms with Gasteiger partial charge in [0.1, 0.15) is 65.6 Å². The highest BCUT2D eigenvalue weighted by Gasteiger charge is 2.82. The molecule has 0 amide bonds. The van der Waals surface area contributed by atoms with Gasteiger partial charge in [0.25, 0.3) is 0 Å². The summed E-state index contributed by atoms with van der Waals surface area (Å²) >= 11 is 0. The van der Waals surface area contributed by atoms with E-state index < -0.39 is 235 Å². The van der Waals surface area contributed by atoms with Gasteiger partial charge in [-0.05, 0) is 122 Å². The minimum absolute atomic E-state index is 0.0845. The Morgan fingerprint density at radius 1 is 0.390 bits per heavy atom. The minimum Gasteiger partial charge on any atom is -0.455 e. The third kappa shape index (κ3) is 13.5. The Kier molecular flexibility index (Phi) is 23.8. The predicted octanol–water partition coefficient (Wildman–Crippen LogP) is 7.03. The van der Waals surface area contributed by atoms with E-state index in [0.29, 0.717) is 23.1 Å². The molecule has 9 fully saturated rings. The van der Waals surface area contributed by atoms with Gasteiger partial charge in [-0.1, -0.05) is 124 Å². The molecule has 0 aromatic heterocycles. The largest absolute Gasteiger partial charge is 0.508 e. The summed E-state index contributed by atoms with van der Waals surface area (Å²) in [4.78, 5) is 135. The molecular weight excluding hydrogens is 1600 g/mol. The van der Waals surface area contributed by atoms with Crippen LogP contribution in [0.4, 0.5) is 14.4 Å². The molecule has 6 saturated carbocycles. The van der Waals surface area contributed by atoms with Crippen molar-refractivity contribution in [1.29, 1.82) is 0 Å². The number of carbonyl (C=O) groups is 10. The third-order valence-corrected chi connectivity index (χ3v) is 31.3. The second-order valence-corrected chi connectivity index (χ2v) is 37.8. The molecule has 3 aromatic rings. The number of ether oxygens (including phenoxy) is 13. The van der Waals surface area contributed by atoms with E-state index in [1.54, 1.807) is 155 Å². The Balaban J connectivity index is 0.000000159. The average molecular weight is 1720 g/mol. The highest BCUT2D eigenvalue weighted by molar-refractivity contribution is 5.97. The maximum absolute atomic E-state index is 15.0. The lowest BCUT2D eigenvalue weighted by Crippen LogP contribution is -2.81. The van der Waals surface area contributed by atoms with E-state index >= 15 is 0 Å². The van der Waals surface area contributed by atoms with Crippen LogP contribution in [0.15, 0.2) is 124 Å². The second-order valence-electron chi connectivity index (χ2n) is 37.8. The van der Waals surface area contributed by atoms with Crippen molar-refractivity contribution in [2.75, 3.05) is 41.2 Å². The first-order valence-corrected chi connectivity index (χ1v) is 41.5. The number of aliphatic hydroxyl groups excluding tert-OH is 6. The number of aliphatic hydroxyl groups is 9. The van der Waals surface area contributed by atoms with E-state index in [2.05, 4.69) is 0 Å². The number of esters is 4. The second kappa shape index (κ2) is 31.9. The molecule has 3 saturated heterocycles. The van der Waals surface area contributed by atoms with Gasteiger partial charge in [-0.25, -0.2) is 28.8 Å². The molecule has 6 bridgehead atoms. The highest BCUT2D eigenvalue weighted by Crippen LogP contribution is 2.70. The van der Waals surface area contributed by atoms with Gasteiger partial charge in [-0.15, -0.1) is 0 Å². The number of methoxy groups -OCH3 is 3. The summed E-state index contributed by atoms with van der Waals surface area (Å²) in [6, 6.07) is 24.4. The molecule has 3 aromatic carbocycles. The van der Waals surface area contributed by atoms with Crippen LogP contribution in [0.5, 0.6) is 0 Å². The highest BCUT2D eigenvalue weighted by atomic mass is 16.8. The normalized spacial score (nSPS) is 41.1. The Labute approximate surface area is 711 Å². The Bertz CT molecular complexity index is 4630. The Morgan fingerprint density at radius 3 is 0.959 bits per heavy atom. The Morgan fingerprint density at radius 2 is 0.667 bits per heavy atom. The topological polar surface area (TPSA) is 473 Å². The van der Waals surface area contributed by atoms with E-state index in [-0.39, 0.29) is 85.3 Å². The third-order valence-electron chi connectivity index (χ3n) is 31.3. The molecule has 670 valence electrons. The summed E-state index contributed by atoms with van der Waals surface area (Å²) in [6.45, 7) is 23.8. The molecule has 27 atom stereocenters. The summed E-state index contributed by atoms with van der Waals surface area (Å²) in [5, 5.41) is 107. The number of fused-ring (bicyclic) bond motifs is 15. The summed E-state index contributed by atoms with van der Waals surface area (Å²) in [7, 11) is 3.42. The van der Waals surface area contributed by atoms with Crippen LogP contribution in [0.1, 0.15) is 173 Å². The molecule has 6 unspecified atom stereocenters. The summed E-state index contributed by atoms with van der Waals surface area (Å²) < 4.78 is 74.0. The molecule has 9 N–H and O–H groups in total. The zero-order valence-electron chi connectivity index (χ0n) is 72.3. The van der Waals surface area contributed by atoms with Crippen molar-refractivity contribution >= 4 is 59.7 Å². The van der Waals surface area contributed by atoms with Crippen LogP contribution in [0.25, 0.3) is 0 Å². The quantitative estimate of drug-likeness (QED) is 0.0559. The fourth-order valence-corrected chi connectivity index (χ4v) is 23.6. The standard InChI is InChI=1S/C32H40O11.C30H38O10.C29H36O11/c1-16-13-21-31(15-40-21,43-28(37)39-7)24-26(42-27(36)19-11-9-8-10-12-19)32(38)14-20(34)17(2)22(29(32,4)5)23(41-18(3)33)25(35)30(16,24)6;1-15-12-19-29(14-38-19,40-26(35)37-6)22-24(39-25(34)17-10-8-7-9-11-17)30(36)13-18(31)16(2)20(27(30,3)4)21(32)23(33)28(15,22)5;1-14-16(30)12-29(36)23(39-24(34)15-9-7-6-8-10-15)21-27(4,22(33)20(32)19(14)26(29,2)3)17(31)11-18-28(21,13-38-18)40-25(35)37-5/h8-12,16,20-21,23-24,26,34,38H,13-15H2,1-7H3;7-11,15,18-19,21-22,24,31-32,36H,12-14H2,1-6H3;6-10,16-18,20-21,23,30-32,36H,11-13H2,1-5H3/t16-,20-,21?,23+,24?,26-,30+,31-,32+;15-,18-,19?,21+,22?,24-,28+,29-,30+;16-,17-,18?,20+,21?,23-,27+,28-,29+/m000/s1. The number of ketones is 3. The lowest BCUT2D eigenvalue weighted by Gasteiger charge is -2.67. The molecule has 9 aliphatic carbocycles. The Hall–Kier alpha value is -8.90. The van der Waals surface area contributed by atoms with Gasteiger partial charge in [0.2, 0.25) is 0 Å². The fraction of sp³-hybridized carbons (Fsp3) is 0.626. The summed E-state index contributed by atoms with van der Waals surface area (Å²) in [6.07, 6.45) is -20.6. The van der Waals surface area contributed by atoms with Gasteiger partial charge >= 0.3 is 42.3 Å². The van der Waals surface area contributed by atoms with Gasteiger partial charge in [0.15, 0.2) is 40.3 Å². The number of benzene rings is 3. The van der Waals surface area contributed by atoms with E-state index in [9.17, 15) is 93.9 Å². The minimum atomic E-state index is -2.11. The lowest BCUT2D eigenvalue weighted by atomic mass is 9.43. The van der Waals surface area contributed by atoms with Crippen molar-refractivity contribution in [1.82, 2.24) is 0 Å². The molecule has 32 nitrogen and oxygen atoms in total. The fourth-order valence-electron chi connectivity index (χ4n) is 23.6. The zero-order chi connectivity index (χ0) is 90.5. The van der Waals surface area contributed by atoms with Gasteiger partial charge in [-0.2, -0.15) is 0 Å². The van der Waals surface area contributed by atoms with Gasteiger partial charge < -0.3 is 108 Å². The first-order chi connectivity index (χ1) is 57.4. The van der Waals surface area contributed by atoms with Crippen LogP contribution in [-0.4, -0.2) is 260 Å². The lowest BCUT2D eigenvalue weighted by molar-refractivity contribution is -0.344. The maximum Gasteiger partial charge on any atom is 0.508 e. The predicted molar refractivity (Wildman–Crippen MR) is 427 cm³/mol. The van der Waals surface area contributed by atoms with Gasteiger partial charge in [0, 0.05) is 59.7 Å². The van der Waals surface area contributed by atoms with E-state index in [4.69, 9.17) is 61.6 Å². The molecule has 32 heteroatoms. The van der Waals surface area contributed by atoms with Gasteiger partial charge in [0.05, 0.1) is 105 Å². The number of Topliss-reactive ketones (excluding diaryl/α,β-unsaturated/α-hetero) is 3. The van der Waals surface area contributed by atoms with Gasteiger partial charge in [-0.3, -0.25) is 19.2 Å². The molecule has 3 aliphatic heterocycles. The average Bonchev–Trinajstić information content (AvgIpc) is 0.678. The maximum atomic E-state index is 15.0. The van der Waals surface area contributed by atoms with Crippen molar-refractivity contribution in [3.05, 3.63) is 141 Å². The molecule has 123 heavy (non-hydrogen) atoms. The monoisotopic (exact) mass is 1720 g/mol. The van der Waals surface area contributed by atoms with Crippen LogP contribution < -0.4 is 0 Å². The van der Waals surface area contributed by atoms with E-state index in [1.165, 1.54) is 26.0 Å². The van der Waals surface area contributed by atoms with Crippen LogP contribution in [0.2, 0.25) is 0 Å². The van der Waals surface area contributed by atoms with Crippen LogP contribution in [0.3, 0.4) is 0 Å². The number of carbonyl (C=O) groups excluding carboxylic acids is 10. The molecule has 0 radical (unpaired) electrons. The smallest absolute Gasteiger partial charge is 0.455 e. The van der Waals surface area contributed by atoms with Crippen molar-refractivity contribution in [3.8, 4) is 0 Å². The van der Waals surface area contributed by atoms with Crippen LogP contribution in [0, 0.1) is 62.1 Å². The number of rotatable bonds is 10. The van der Waals surface area contributed by atoms with Crippen LogP contribution in [-0.2, 0) is 80.8 Å². The first kappa shape index (κ1) is 91.8. The molecular formula is C91H114O32. The SMILES string of the molecule is COC(=O)O[C@@]12COC1C[C@H](C)[C@@]1(C)C(=O)[C@H](O)C3=C(C)[C@@H](O)C[C@@](O)([C@@H](OC(=O)c4ccccc4)C21)C3(C)C.COC(=O)O[C@@]12COC1C[C@H](C)[C@@]1(C)C(=O)[C@H](OC(C)=O)C3=C(C)[C@@H](O)C[C@@](O)([C@@H](OC(=O)c4ccccc4)C21)C3(C)C.COC(=O)O[C@@]12COC1C[C@H](O)[C@@]1(C)C(=O)[C@H](O)C3=C(C)[C@@H](O)C[C@@](O)([C@@H](OC(=O)c4ccccc4)C21)C3(C)C. The number of hydrogen-bond donors (Lipinski definition) is 9. The summed E-state index contributed by atoms with van der Waals surface area (Å²) in [5.41, 5.74) is -17.7. The van der Waals surface area contributed by atoms with Crippen LogP contribution >= 0.6 is 0 Å². The zero-order valence-corrected chi connectivity index (χ0v) is 72.3. The number of hydrogen-bond acceptors (Lipinski definition) is 32. The van der Waals surface area contributed by atoms with E-state index in [1.807, 2.05) is 13.8 Å². The molecule has 0 spiro atoms. The molecule has 3 heterocycles. The summed E-state index contributed by atoms with van der Waals surface area (Å²) in [5.74, 6) is -9.66. The first-order valence-electron chi connectivity index (χ1n) is 41.5. The van der Waals surface area contributed by atoms with E-state index in [0.717, 1.165) is 21.3 Å². The van der Waals surface area contributed by atoms with Crippen molar-refractivity contribution in [2.45, 2.75) is 255 Å². The van der Waals surface area contributed by atoms with Crippen molar-refractivity contribution in [3.63, 3.8) is 0 Å². The van der Waals surface area contributed by atoms with Crippen molar-refractivity contribution in [2.24, 2.45) is 62.1 Å². The van der Waals surface area contributed by atoms with Crippen molar-refractivity contribution < 1.29 is 155 Å². The molecule has 12 aliphatic rings.